The van der Waals surface area contributed by atoms with E-state index < -0.39 is 28.5 Å². The molecular weight excluding hydrogens is 466 g/mol. The van der Waals surface area contributed by atoms with Crippen LogP contribution in [-0.4, -0.2) is 57.6 Å². The number of aryl methyl sites for hydroxylation is 2. The molecule has 0 aliphatic heterocycles. The Morgan fingerprint density at radius 1 is 1.09 bits per heavy atom. The van der Waals surface area contributed by atoms with E-state index in [9.17, 15) is 18.0 Å². The highest BCUT2D eigenvalue weighted by Crippen LogP contribution is 2.23. The highest BCUT2D eigenvalue weighted by Gasteiger charge is 2.30. The molecule has 0 aliphatic rings. The number of carbonyl (C=O) groups excluding carboxylic acids is 2. The third kappa shape index (κ3) is 8.28. The van der Waals surface area contributed by atoms with Crippen molar-refractivity contribution in [2.45, 2.75) is 53.1 Å². The van der Waals surface area contributed by atoms with Crippen LogP contribution in [0.15, 0.2) is 42.5 Å². The molecule has 0 spiro atoms. The van der Waals surface area contributed by atoms with Gasteiger partial charge in [-0.3, -0.25) is 13.9 Å². The standard InChI is InChI=1S/C26H37N3O5S/c1-7-8-12-27-26(31)21(4)28(17-22-10-9-11-24(16-22)34-5)25(30)18-29(35(6,32)33)23-14-19(2)13-20(3)15-23/h9-11,13-16,21H,7-8,12,17-18H2,1-6H3,(H,27,31). The number of nitrogens with one attached hydrogen (secondary N) is 1. The number of hydrogen-bond donors (Lipinski definition) is 1. The highest BCUT2D eigenvalue weighted by atomic mass is 32.2. The molecule has 1 atom stereocenters. The van der Waals surface area contributed by atoms with Crippen LogP contribution in [0.4, 0.5) is 5.69 Å². The molecule has 0 radical (unpaired) electrons. The molecule has 9 heteroatoms. The second-order valence-corrected chi connectivity index (χ2v) is 10.7. The van der Waals surface area contributed by atoms with E-state index >= 15 is 0 Å². The molecule has 0 saturated heterocycles. The predicted octanol–water partition coefficient (Wildman–Crippen LogP) is 3.41. The van der Waals surface area contributed by atoms with Crippen molar-refractivity contribution in [1.82, 2.24) is 10.2 Å². The zero-order chi connectivity index (χ0) is 26.2. The molecule has 192 valence electrons. The van der Waals surface area contributed by atoms with Gasteiger partial charge in [0.05, 0.1) is 19.1 Å². The quantitative estimate of drug-likeness (QED) is 0.448. The summed E-state index contributed by atoms with van der Waals surface area (Å²) in [7, 11) is -2.21. The van der Waals surface area contributed by atoms with Gasteiger partial charge in [0.2, 0.25) is 21.8 Å². The topological polar surface area (TPSA) is 96.0 Å². The number of sulfonamides is 1. The lowest BCUT2D eigenvalue weighted by Crippen LogP contribution is -2.51. The minimum atomic E-state index is -3.76. The van der Waals surface area contributed by atoms with Gasteiger partial charge in [-0.05, 0) is 68.1 Å². The first-order chi connectivity index (χ1) is 16.5. The van der Waals surface area contributed by atoms with Gasteiger partial charge in [0.15, 0.2) is 0 Å². The number of hydrogen-bond acceptors (Lipinski definition) is 5. The van der Waals surface area contributed by atoms with Crippen LogP contribution in [0.3, 0.4) is 0 Å². The third-order valence-corrected chi connectivity index (χ3v) is 6.80. The molecule has 0 fully saturated rings. The molecule has 0 heterocycles. The maximum atomic E-state index is 13.6. The molecule has 0 aromatic heterocycles. The Morgan fingerprint density at radius 2 is 1.74 bits per heavy atom. The van der Waals surface area contributed by atoms with E-state index in [-0.39, 0.29) is 12.5 Å². The van der Waals surface area contributed by atoms with Gasteiger partial charge in [-0.25, -0.2) is 8.42 Å². The summed E-state index contributed by atoms with van der Waals surface area (Å²) in [5.74, 6) is -0.134. The van der Waals surface area contributed by atoms with Gasteiger partial charge in [-0.15, -0.1) is 0 Å². The minimum Gasteiger partial charge on any atom is -0.497 e. The van der Waals surface area contributed by atoms with E-state index in [1.165, 1.54) is 4.90 Å². The second kappa shape index (κ2) is 12.6. The van der Waals surface area contributed by atoms with Crippen molar-refractivity contribution >= 4 is 27.5 Å². The molecule has 1 unspecified atom stereocenters. The maximum absolute atomic E-state index is 13.6. The minimum absolute atomic E-state index is 0.128. The van der Waals surface area contributed by atoms with Crippen LogP contribution in [0.25, 0.3) is 0 Å². The first kappa shape index (κ1) is 28.2. The zero-order valence-corrected chi connectivity index (χ0v) is 22.3. The van der Waals surface area contributed by atoms with E-state index in [1.54, 1.807) is 44.4 Å². The molecule has 35 heavy (non-hydrogen) atoms. The molecule has 0 aliphatic carbocycles. The van der Waals surface area contributed by atoms with Crippen molar-refractivity contribution in [2.24, 2.45) is 0 Å². The Kier molecular flexibility index (Phi) is 10.1. The number of unbranched alkanes of at least 4 members (excludes halogenated alkanes) is 1. The number of nitrogens with zero attached hydrogens (tertiary/aromatic N) is 2. The fraction of sp³-hybridized carbons (Fsp3) is 0.462. The van der Waals surface area contributed by atoms with Crippen LogP contribution >= 0.6 is 0 Å². The number of amides is 2. The molecule has 2 amide bonds. The third-order valence-electron chi connectivity index (χ3n) is 5.66. The summed E-state index contributed by atoms with van der Waals surface area (Å²) in [5, 5.41) is 2.87. The van der Waals surface area contributed by atoms with E-state index in [0.717, 1.165) is 40.1 Å². The van der Waals surface area contributed by atoms with Crippen molar-refractivity contribution < 1.29 is 22.7 Å². The average molecular weight is 504 g/mol. The second-order valence-electron chi connectivity index (χ2n) is 8.81. The largest absolute Gasteiger partial charge is 0.497 e. The fourth-order valence-electron chi connectivity index (χ4n) is 3.79. The summed E-state index contributed by atoms with van der Waals surface area (Å²) >= 11 is 0. The SMILES string of the molecule is CCCCNC(=O)C(C)N(Cc1cccc(OC)c1)C(=O)CN(c1cc(C)cc(C)c1)S(C)(=O)=O. The number of rotatable bonds is 12. The maximum Gasteiger partial charge on any atom is 0.244 e. The Hall–Kier alpha value is -3.07. The van der Waals surface area contributed by atoms with Gasteiger partial charge in [0, 0.05) is 13.1 Å². The monoisotopic (exact) mass is 503 g/mol. The van der Waals surface area contributed by atoms with Gasteiger partial charge in [-0.2, -0.15) is 0 Å². The average Bonchev–Trinajstić information content (AvgIpc) is 2.79. The lowest BCUT2D eigenvalue weighted by atomic mass is 10.1. The number of anilines is 1. The van der Waals surface area contributed by atoms with E-state index in [1.807, 2.05) is 32.9 Å². The lowest BCUT2D eigenvalue weighted by Gasteiger charge is -2.31. The Labute approximate surface area is 209 Å². The Morgan fingerprint density at radius 3 is 2.31 bits per heavy atom. The summed E-state index contributed by atoms with van der Waals surface area (Å²) < 4.78 is 31.8. The molecule has 1 N–H and O–H groups in total. The first-order valence-electron chi connectivity index (χ1n) is 11.7. The van der Waals surface area contributed by atoms with Crippen LogP contribution < -0.4 is 14.4 Å². The van der Waals surface area contributed by atoms with Crippen LogP contribution in [0.2, 0.25) is 0 Å². The molecule has 0 bridgehead atoms. The van der Waals surface area contributed by atoms with E-state index in [2.05, 4.69) is 5.32 Å². The molecular formula is C26H37N3O5S. The van der Waals surface area contributed by atoms with Gasteiger partial charge in [0.1, 0.15) is 18.3 Å². The normalized spacial score (nSPS) is 12.1. The highest BCUT2D eigenvalue weighted by molar-refractivity contribution is 7.92. The number of carbonyl (C=O) groups is 2. The number of ether oxygens (including phenoxy) is 1. The van der Waals surface area contributed by atoms with E-state index in [0.29, 0.717) is 18.0 Å². The van der Waals surface area contributed by atoms with Crippen LogP contribution in [-0.2, 0) is 26.2 Å². The smallest absolute Gasteiger partial charge is 0.244 e. The Bertz CT molecular complexity index is 1110. The molecule has 2 aromatic rings. The first-order valence-corrected chi connectivity index (χ1v) is 13.6. The van der Waals surface area contributed by atoms with Crippen molar-refractivity contribution in [3.63, 3.8) is 0 Å². The summed E-state index contributed by atoms with van der Waals surface area (Å²) in [6.45, 7) is 7.65. The number of methoxy groups -OCH3 is 1. The van der Waals surface area contributed by atoms with Crippen LogP contribution in [0.5, 0.6) is 5.75 Å². The van der Waals surface area contributed by atoms with Crippen molar-refractivity contribution in [3.05, 3.63) is 59.2 Å². The number of benzene rings is 2. The van der Waals surface area contributed by atoms with Gasteiger partial charge >= 0.3 is 0 Å². The van der Waals surface area contributed by atoms with Crippen molar-refractivity contribution in [3.8, 4) is 5.75 Å². The Balaban J connectivity index is 2.39. The van der Waals surface area contributed by atoms with Crippen LogP contribution in [0.1, 0.15) is 43.4 Å². The zero-order valence-electron chi connectivity index (χ0n) is 21.5. The van der Waals surface area contributed by atoms with Crippen LogP contribution in [0, 0.1) is 13.8 Å². The predicted molar refractivity (Wildman–Crippen MR) is 139 cm³/mol. The summed E-state index contributed by atoms with van der Waals surface area (Å²) in [5.41, 5.74) is 2.96. The summed E-state index contributed by atoms with van der Waals surface area (Å²) in [6.07, 6.45) is 2.84. The van der Waals surface area contributed by atoms with Gasteiger partial charge < -0.3 is 15.0 Å². The van der Waals surface area contributed by atoms with Crippen molar-refractivity contribution in [1.29, 1.82) is 0 Å². The molecule has 8 nitrogen and oxygen atoms in total. The van der Waals surface area contributed by atoms with Gasteiger partial charge in [0.25, 0.3) is 0 Å². The molecule has 0 saturated carbocycles. The van der Waals surface area contributed by atoms with Crippen molar-refractivity contribution in [2.75, 3.05) is 30.8 Å². The molecule has 2 rings (SSSR count). The summed E-state index contributed by atoms with van der Waals surface area (Å²) in [6, 6.07) is 11.8. The van der Waals surface area contributed by atoms with Gasteiger partial charge in [-0.1, -0.05) is 31.5 Å². The summed E-state index contributed by atoms with van der Waals surface area (Å²) in [4.78, 5) is 27.9. The lowest BCUT2D eigenvalue weighted by molar-refractivity contribution is -0.139. The fourth-order valence-corrected chi connectivity index (χ4v) is 4.63. The molecule has 2 aromatic carbocycles. The van der Waals surface area contributed by atoms with E-state index in [4.69, 9.17) is 4.74 Å².